The third-order valence-electron chi connectivity index (χ3n) is 4.52. The second kappa shape index (κ2) is 8.84. The van der Waals surface area contributed by atoms with Crippen LogP contribution in [0.3, 0.4) is 0 Å². The van der Waals surface area contributed by atoms with Gasteiger partial charge < -0.3 is 4.74 Å². The Morgan fingerprint density at radius 1 is 0.966 bits per heavy atom. The Kier molecular flexibility index (Phi) is 6.02. The molecule has 0 saturated carbocycles. The molecule has 0 aliphatic heterocycles. The molecule has 1 heterocycles. The summed E-state index contributed by atoms with van der Waals surface area (Å²) in [5.74, 6) is 2.47. The van der Waals surface area contributed by atoms with Gasteiger partial charge in [0.1, 0.15) is 5.75 Å². The van der Waals surface area contributed by atoms with Crippen LogP contribution in [0.25, 0.3) is 17.1 Å². The van der Waals surface area contributed by atoms with Gasteiger partial charge in [0.25, 0.3) is 0 Å². The predicted molar refractivity (Wildman–Crippen MR) is 122 cm³/mol. The number of halogens is 1. The molecule has 0 spiro atoms. The van der Waals surface area contributed by atoms with Crippen LogP contribution in [-0.2, 0) is 5.75 Å². The number of rotatable bonds is 6. The van der Waals surface area contributed by atoms with Crippen molar-refractivity contribution < 1.29 is 4.74 Å². The number of benzene rings is 3. The number of hydrogen-bond donors (Lipinski definition) is 0. The van der Waals surface area contributed by atoms with E-state index in [2.05, 4.69) is 80.1 Å². The second-order valence-corrected chi connectivity index (χ2v) is 8.48. The highest BCUT2D eigenvalue weighted by Crippen LogP contribution is 2.31. The van der Waals surface area contributed by atoms with Crippen molar-refractivity contribution in [3.8, 4) is 22.8 Å². The maximum Gasteiger partial charge on any atom is 0.196 e. The first-order valence-electron chi connectivity index (χ1n) is 9.18. The van der Waals surface area contributed by atoms with E-state index in [1.807, 2.05) is 30.3 Å². The Hall–Kier alpha value is -2.57. The lowest BCUT2D eigenvalue weighted by Gasteiger charge is -2.11. The van der Waals surface area contributed by atoms with E-state index >= 15 is 0 Å². The fraction of sp³-hybridized carbons (Fsp3) is 0.130. The largest absolute Gasteiger partial charge is 0.497 e. The quantitative estimate of drug-likeness (QED) is 0.313. The van der Waals surface area contributed by atoms with Crippen LogP contribution in [0.4, 0.5) is 0 Å². The summed E-state index contributed by atoms with van der Waals surface area (Å²) in [5.41, 5.74) is 4.48. The van der Waals surface area contributed by atoms with E-state index in [-0.39, 0.29) is 0 Å². The van der Waals surface area contributed by atoms with Crippen LogP contribution < -0.4 is 4.74 Å². The molecule has 0 fully saturated rings. The number of aryl methyl sites for hydroxylation is 1. The van der Waals surface area contributed by atoms with Gasteiger partial charge in [-0.1, -0.05) is 63.6 Å². The van der Waals surface area contributed by atoms with Gasteiger partial charge in [-0.3, -0.25) is 4.57 Å². The van der Waals surface area contributed by atoms with E-state index in [0.717, 1.165) is 38.2 Å². The van der Waals surface area contributed by atoms with E-state index in [1.165, 1.54) is 11.1 Å². The summed E-state index contributed by atoms with van der Waals surface area (Å²) < 4.78 is 8.50. The van der Waals surface area contributed by atoms with Crippen LogP contribution in [0, 0.1) is 6.92 Å². The Morgan fingerprint density at radius 2 is 1.72 bits per heavy atom. The van der Waals surface area contributed by atoms with Gasteiger partial charge in [-0.05, 0) is 55.0 Å². The molecule has 0 amide bonds. The van der Waals surface area contributed by atoms with E-state index in [0.29, 0.717) is 0 Å². The Balaban J connectivity index is 1.73. The molecular formula is C23H20BrN3OS. The lowest BCUT2D eigenvalue weighted by Crippen LogP contribution is -2.00. The van der Waals surface area contributed by atoms with Gasteiger partial charge >= 0.3 is 0 Å². The molecule has 0 saturated heterocycles. The van der Waals surface area contributed by atoms with Crippen LogP contribution >= 0.6 is 27.7 Å². The lowest BCUT2D eigenvalue weighted by atomic mass is 10.1. The molecule has 0 aliphatic carbocycles. The van der Waals surface area contributed by atoms with Gasteiger partial charge in [0.15, 0.2) is 11.0 Å². The third kappa shape index (κ3) is 4.54. The van der Waals surface area contributed by atoms with Crippen molar-refractivity contribution in [2.45, 2.75) is 17.8 Å². The highest BCUT2D eigenvalue weighted by molar-refractivity contribution is 9.10. The average molecular weight is 466 g/mol. The molecule has 29 heavy (non-hydrogen) atoms. The fourth-order valence-corrected chi connectivity index (χ4v) is 4.20. The van der Waals surface area contributed by atoms with Crippen molar-refractivity contribution in [2.24, 2.45) is 0 Å². The van der Waals surface area contributed by atoms with Gasteiger partial charge in [0.2, 0.25) is 0 Å². The van der Waals surface area contributed by atoms with Crippen molar-refractivity contribution in [1.82, 2.24) is 14.8 Å². The van der Waals surface area contributed by atoms with Crippen LogP contribution in [0.2, 0.25) is 0 Å². The number of aromatic nitrogens is 3. The standard InChI is InChI=1S/C23H20BrN3OS/c1-16-4-3-5-18(14-16)22-25-26-23(29-15-17-6-8-19(24)9-7-17)27(22)20-10-12-21(28-2)13-11-20/h3-14H,15H2,1-2H3. The SMILES string of the molecule is COc1ccc(-n2c(SCc3ccc(Br)cc3)nnc2-c2cccc(C)c2)cc1. The minimum absolute atomic E-state index is 0.815. The average Bonchev–Trinajstić information content (AvgIpc) is 3.17. The molecule has 146 valence electrons. The number of nitrogens with zero attached hydrogens (tertiary/aromatic N) is 3. The maximum absolute atomic E-state index is 5.31. The van der Waals surface area contributed by atoms with Crippen molar-refractivity contribution >= 4 is 27.7 Å². The first-order chi connectivity index (χ1) is 14.1. The minimum Gasteiger partial charge on any atom is -0.497 e. The van der Waals surface area contributed by atoms with Gasteiger partial charge in [-0.25, -0.2) is 0 Å². The van der Waals surface area contributed by atoms with Crippen molar-refractivity contribution in [1.29, 1.82) is 0 Å². The smallest absolute Gasteiger partial charge is 0.196 e. The summed E-state index contributed by atoms with van der Waals surface area (Å²) in [7, 11) is 1.67. The molecule has 6 heteroatoms. The second-order valence-electron chi connectivity index (χ2n) is 6.62. The van der Waals surface area contributed by atoms with Crippen LogP contribution in [0.1, 0.15) is 11.1 Å². The Bertz CT molecular complexity index is 1110. The molecule has 4 rings (SSSR count). The molecule has 4 nitrogen and oxygen atoms in total. The molecule has 0 bridgehead atoms. The summed E-state index contributed by atoms with van der Waals surface area (Å²) in [4.78, 5) is 0. The predicted octanol–water partition coefficient (Wildman–Crippen LogP) is 6.31. The number of thioether (sulfide) groups is 1. The topological polar surface area (TPSA) is 39.9 Å². The summed E-state index contributed by atoms with van der Waals surface area (Å²) in [6.45, 7) is 2.08. The van der Waals surface area contributed by atoms with E-state index in [9.17, 15) is 0 Å². The van der Waals surface area contributed by atoms with Crippen LogP contribution in [0.15, 0.2) is 82.4 Å². The zero-order valence-electron chi connectivity index (χ0n) is 16.2. The molecule has 3 aromatic carbocycles. The van der Waals surface area contributed by atoms with Gasteiger partial charge in [0.05, 0.1) is 7.11 Å². The van der Waals surface area contributed by atoms with Crippen molar-refractivity contribution in [3.63, 3.8) is 0 Å². The summed E-state index contributed by atoms with van der Waals surface area (Å²) >= 11 is 5.16. The molecular weight excluding hydrogens is 446 g/mol. The van der Waals surface area contributed by atoms with Gasteiger partial charge in [-0.2, -0.15) is 0 Å². The number of ether oxygens (including phenoxy) is 1. The number of hydrogen-bond acceptors (Lipinski definition) is 4. The first-order valence-corrected chi connectivity index (χ1v) is 11.0. The van der Waals surface area contributed by atoms with Crippen molar-refractivity contribution in [3.05, 3.63) is 88.4 Å². The zero-order chi connectivity index (χ0) is 20.2. The normalized spacial score (nSPS) is 10.9. The molecule has 0 radical (unpaired) electrons. The first kappa shape index (κ1) is 19.7. The number of methoxy groups -OCH3 is 1. The summed E-state index contributed by atoms with van der Waals surface area (Å²) in [6.07, 6.45) is 0. The molecule has 0 atom stereocenters. The zero-order valence-corrected chi connectivity index (χ0v) is 18.6. The third-order valence-corrected chi connectivity index (χ3v) is 6.05. The van der Waals surface area contributed by atoms with Gasteiger partial charge in [0, 0.05) is 21.5 Å². The molecule has 1 aromatic heterocycles. The molecule has 0 aliphatic rings. The monoisotopic (exact) mass is 465 g/mol. The van der Waals surface area contributed by atoms with Crippen LogP contribution in [0.5, 0.6) is 5.75 Å². The van der Waals surface area contributed by atoms with Crippen LogP contribution in [-0.4, -0.2) is 21.9 Å². The van der Waals surface area contributed by atoms with E-state index in [4.69, 9.17) is 4.74 Å². The fourth-order valence-electron chi connectivity index (χ4n) is 3.03. The molecule has 4 aromatic rings. The Morgan fingerprint density at radius 3 is 2.41 bits per heavy atom. The minimum atomic E-state index is 0.815. The van der Waals surface area contributed by atoms with Gasteiger partial charge in [-0.15, -0.1) is 10.2 Å². The molecule has 0 unspecified atom stereocenters. The van der Waals surface area contributed by atoms with E-state index < -0.39 is 0 Å². The lowest BCUT2D eigenvalue weighted by molar-refractivity contribution is 0.414. The van der Waals surface area contributed by atoms with E-state index in [1.54, 1.807) is 18.9 Å². The summed E-state index contributed by atoms with van der Waals surface area (Å²) in [5, 5.41) is 9.89. The summed E-state index contributed by atoms with van der Waals surface area (Å²) in [6, 6.07) is 24.7. The van der Waals surface area contributed by atoms with Crippen molar-refractivity contribution in [2.75, 3.05) is 7.11 Å². The highest BCUT2D eigenvalue weighted by atomic mass is 79.9. The Labute approximate surface area is 183 Å². The maximum atomic E-state index is 5.31. The highest BCUT2D eigenvalue weighted by Gasteiger charge is 2.16. The molecule has 0 N–H and O–H groups in total.